The normalized spacial score (nSPS) is 22.6. The smallest absolute Gasteiger partial charge is 0.151 e. The molecule has 2 fully saturated rings. The van der Waals surface area contributed by atoms with E-state index in [0.717, 1.165) is 37.2 Å². The Hall–Kier alpha value is -0.810. The van der Waals surface area contributed by atoms with Crippen LogP contribution in [0.3, 0.4) is 0 Å². The zero-order valence-electron chi connectivity index (χ0n) is 12.4. The van der Waals surface area contributed by atoms with Gasteiger partial charge in [-0.05, 0) is 31.4 Å². The zero-order valence-corrected chi connectivity index (χ0v) is 13.2. The molecule has 4 nitrogen and oxygen atoms in total. The van der Waals surface area contributed by atoms with Gasteiger partial charge in [0.05, 0.1) is 5.69 Å². The van der Waals surface area contributed by atoms with E-state index in [0.29, 0.717) is 4.75 Å². The molecule has 3 rings (SSSR count). The monoisotopic (exact) mass is 292 g/mol. The highest BCUT2D eigenvalue weighted by atomic mass is 32.2. The summed E-state index contributed by atoms with van der Waals surface area (Å²) in [5, 5.41) is 12.2. The Bertz CT molecular complexity index is 442. The van der Waals surface area contributed by atoms with Crippen molar-refractivity contribution in [1.29, 1.82) is 0 Å². The average molecular weight is 292 g/mol. The van der Waals surface area contributed by atoms with E-state index in [1.54, 1.807) is 0 Å². The maximum Gasteiger partial charge on any atom is 0.151 e. The number of anilines is 1. The van der Waals surface area contributed by atoms with Gasteiger partial charge in [0.1, 0.15) is 0 Å². The second kappa shape index (κ2) is 5.90. The first-order chi connectivity index (χ1) is 9.62. The lowest BCUT2D eigenvalue weighted by atomic mass is 10.1. The van der Waals surface area contributed by atoms with Gasteiger partial charge in [-0.15, -0.1) is 5.10 Å². The molecule has 1 saturated heterocycles. The maximum absolute atomic E-state index is 4.42. The third kappa shape index (κ3) is 3.85. The molecular formula is C15H24N4S. The lowest BCUT2D eigenvalue weighted by Gasteiger charge is -2.23. The van der Waals surface area contributed by atoms with E-state index < -0.39 is 0 Å². The average Bonchev–Trinajstić information content (AvgIpc) is 3.25. The van der Waals surface area contributed by atoms with Gasteiger partial charge in [-0.2, -0.15) is 16.9 Å². The number of nitrogens with one attached hydrogen (secondary N) is 1. The minimum Gasteiger partial charge on any atom is -0.354 e. The van der Waals surface area contributed by atoms with Gasteiger partial charge in [-0.1, -0.05) is 13.8 Å². The molecule has 0 radical (unpaired) electrons. The second-order valence-electron chi connectivity index (χ2n) is 6.38. The van der Waals surface area contributed by atoms with Gasteiger partial charge in [-0.3, -0.25) is 0 Å². The topological polar surface area (TPSA) is 41.0 Å². The van der Waals surface area contributed by atoms with Crippen molar-refractivity contribution >= 4 is 17.6 Å². The van der Waals surface area contributed by atoms with E-state index in [9.17, 15) is 0 Å². The Labute approximate surface area is 125 Å². The molecule has 0 unspecified atom stereocenters. The lowest BCUT2D eigenvalue weighted by Crippen LogP contribution is -2.28. The molecule has 1 aliphatic heterocycles. The number of hydrogen-bond donors (Lipinski definition) is 1. The van der Waals surface area contributed by atoms with Crippen molar-refractivity contribution in [2.24, 2.45) is 0 Å². The van der Waals surface area contributed by atoms with E-state index in [1.807, 2.05) is 0 Å². The number of aromatic nitrogens is 2. The summed E-state index contributed by atoms with van der Waals surface area (Å²) in [6.07, 6.45) is 3.82. The molecule has 110 valence electrons. The summed E-state index contributed by atoms with van der Waals surface area (Å²) in [6, 6.07) is 4.96. The highest BCUT2D eigenvalue weighted by Crippen LogP contribution is 2.31. The fraction of sp³-hybridized carbons (Fsp3) is 0.733. The fourth-order valence-electron chi connectivity index (χ4n) is 2.40. The maximum atomic E-state index is 4.42. The van der Waals surface area contributed by atoms with Crippen molar-refractivity contribution in [2.45, 2.75) is 50.4 Å². The lowest BCUT2D eigenvalue weighted by molar-refractivity contribution is 0.630. The van der Waals surface area contributed by atoms with E-state index in [4.69, 9.17) is 0 Å². The molecule has 0 aromatic carbocycles. The van der Waals surface area contributed by atoms with Gasteiger partial charge >= 0.3 is 0 Å². The largest absolute Gasteiger partial charge is 0.354 e. The van der Waals surface area contributed by atoms with Crippen LogP contribution in [0, 0.1) is 0 Å². The molecule has 1 saturated carbocycles. The summed E-state index contributed by atoms with van der Waals surface area (Å²) >= 11 is 2.06. The highest BCUT2D eigenvalue weighted by molar-refractivity contribution is 8.00. The first-order valence-electron chi connectivity index (χ1n) is 7.57. The van der Waals surface area contributed by atoms with Crippen LogP contribution >= 0.6 is 11.8 Å². The molecule has 5 heteroatoms. The van der Waals surface area contributed by atoms with Crippen LogP contribution < -0.4 is 10.2 Å². The summed E-state index contributed by atoms with van der Waals surface area (Å²) in [4.78, 5) is 2.37. The van der Waals surface area contributed by atoms with Crippen molar-refractivity contribution in [1.82, 2.24) is 15.5 Å². The molecule has 1 N–H and O–H groups in total. The standard InChI is InChI=1S/C15H24N4S/c1-15(2)7-8-19(9-10-20-15)14-6-5-13(17-18-14)11-16-12-3-4-12/h5-6,12,16H,3-4,7-11H2,1-2H3. The van der Waals surface area contributed by atoms with Crippen LogP contribution in [0.25, 0.3) is 0 Å². The molecule has 1 aromatic heterocycles. The summed E-state index contributed by atoms with van der Waals surface area (Å²) in [6.45, 7) is 7.66. The Morgan fingerprint density at radius 1 is 1.30 bits per heavy atom. The summed E-state index contributed by atoms with van der Waals surface area (Å²) < 4.78 is 0.385. The minimum atomic E-state index is 0.385. The number of hydrogen-bond acceptors (Lipinski definition) is 5. The van der Waals surface area contributed by atoms with Crippen LogP contribution in [-0.2, 0) is 6.54 Å². The first-order valence-corrected chi connectivity index (χ1v) is 8.56. The Kier molecular flexibility index (Phi) is 4.17. The van der Waals surface area contributed by atoms with E-state index in [2.05, 4.69) is 58.2 Å². The predicted octanol–water partition coefficient (Wildman–Crippen LogP) is 2.45. The quantitative estimate of drug-likeness (QED) is 0.923. The van der Waals surface area contributed by atoms with Crippen molar-refractivity contribution in [3.63, 3.8) is 0 Å². The third-order valence-corrected chi connectivity index (χ3v) is 5.39. The Morgan fingerprint density at radius 2 is 2.15 bits per heavy atom. The molecular weight excluding hydrogens is 268 g/mol. The molecule has 0 amide bonds. The molecule has 1 aliphatic carbocycles. The number of rotatable bonds is 4. The molecule has 20 heavy (non-hydrogen) atoms. The molecule has 0 atom stereocenters. The Morgan fingerprint density at radius 3 is 2.85 bits per heavy atom. The zero-order chi connectivity index (χ0) is 14.0. The number of thioether (sulfide) groups is 1. The molecule has 2 heterocycles. The van der Waals surface area contributed by atoms with E-state index in [1.165, 1.54) is 25.0 Å². The second-order valence-corrected chi connectivity index (χ2v) is 8.19. The van der Waals surface area contributed by atoms with Gasteiger partial charge in [-0.25, -0.2) is 0 Å². The van der Waals surface area contributed by atoms with Crippen LogP contribution in [0.1, 0.15) is 38.8 Å². The molecule has 0 spiro atoms. The van der Waals surface area contributed by atoms with Crippen LogP contribution in [-0.4, -0.2) is 39.8 Å². The minimum absolute atomic E-state index is 0.385. The van der Waals surface area contributed by atoms with Crippen LogP contribution in [0.5, 0.6) is 0 Å². The van der Waals surface area contributed by atoms with Crippen molar-refractivity contribution < 1.29 is 0 Å². The van der Waals surface area contributed by atoms with Crippen molar-refractivity contribution in [3.8, 4) is 0 Å². The van der Waals surface area contributed by atoms with Crippen LogP contribution in [0.4, 0.5) is 5.82 Å². The third-order valence-electron chi connectivity index (χ3n) is 4.02. The van der Waals surface area contributed by atoms with Gasteiger partial charge in [0.2, 0.25) is 0 Å². The van der Waals surface area contributed by atoms with Crippen LogP contribution in [0.2, 0.25) is 0 Å². The van der Waals surface area contributed by atoms with E-state index >= 15 is 0 Å². The molecule has 1 aromatic rings. The number of nitrogens with zero attached hydrogens (tertiary/aromatic N) is 3. The highest BCUT2D eigenvalue weighted by Gasteiger charge is 2.24. The Balaban J connectivity index is 1.58. The van der Waals surface area contributed by atoms with Crippen molar-refractivity contribution in [3.05, 3.63) is 17.8 Å². The van der Waals surface area contributed by atoms with Crippen molar-refractivity contribution in [2.75, 3.05) is 23.7 Å². The molecule has 2 aliphatic rings. The SMILES string of the molecule is CC1(C)CCN(c2ccc(CNC3CC3)nn2)CCS1. The van der Waals surface area contributed by atoms with Gasteiger partial charge < -0.3 is 10.2 Å². The summed E-state index contributed by atoms with van der Waals surface area (Å²) in [7, 11) is 0. The molecule has 0 bridgehead atoms. The first kappa shape index (κ1) is 14.1. The summed E-state index contributed by atoms with van der Waals surface area (Å²) in [5.74, 6) is 2.19. The van der Waals surface area contributed by atoms with Crippen LogP contribution in [0.15, 0.2) is 12.1 Å². The summed E-state index contributed by atoms with van der Waals surface area (Å²) in [5.41, 5.74) is 1.05. The van der Waals surface area contributed by atoms with E-state index in [-0.39, 0.29) is 0 Å². The van der Waals surface area contributed by atoms with Gasteiger partial charge in [0, 0.05) is 36.2 Å². The van der Waals surface area contributed by atoms with Gasteiger partial charge in [0.25, 0.3) is 0 Å². The predicted molar refractivity (Wildman–Crippen MR) is 85.3 cm³/mol. The fourth-order valence-corrected chi connectivity index (χ4v) is 3.50. The van der Waals surface area contributed by atoms with Gasteiger partial charge in [0.15, 0.2) is 5.82 Å².